The minimum Gasteiger partial charge on any atom is -0.462 e. The molecule has 0 bridgehead atoms. The Kier molecular flexibility index (Phi) is 61.3. The van der Waals surface area contributed by atoms with Crippen LogP contribution in [0, 0.1) is 23.7 Å². The third-order valence-corrected chi connectivity index (χ3v) is 19.4. The SMILES string of the molecule is CCC(C)CCCCCCCCCCCCCCCCCCCCC(=O)O[C@H](COC(=O)CCCCCCCCC(C)CC)COP(=O)(O)OC[C@H](O)COP(=O)(O)OC[C@@H](COC(=O)CCCCCCCCC(C)C)OC(=O)CCCCCCCCCCC(C)C. The molecule has 7 atom stereocenters. The van der Waals surface area contributed by atoms with Crippen LogP contribution in [0.1, 0.15) is 364 Å². The van der Waals surface area contributed by atoms with Crippen molar-refractivity contribution in [3.63, 3.8) is 0 Å². The minimum absolute atomic E-state index is 0.103. The monoisotopic (exact) mass is 1350 g/mol. The molecule has 17 nitrogen and oxygen atoms in total. The summed E-state index contributed by atoms with van der Waals surface area (Å²) in [6, 6.07) is 0. The molecular formula is C73H142O17P2. The number of carbonyl (C=O) groups is 4. The van der Waals surface area contributed by atoms with Crippen LogP contribution in [0.3, 0.4) is 0 Å². The summed E-state index contributed by atoms with van der Waals surface area (Å²) in [6.07, 6.45) is 46.2. The predicted octanol–water partition coefficient (Wildman–Crippen LogP) is 20.9. The Balaban J connectivity index is 5.15. The summed E-state index contributed by atoms with van der Waals surface area (Å²) in [6.45, 7) is 14.1. The topological polar surface area (TPSA) is 237 Å². The second-order valence-corrected chi connectivity index (χ2v) is 30.7. The Labute approximate surface area is 562 Å². The van der Waals surface area contributed by atoms with Crippen molar-refractivity contribution in [2.45, 2.75) is 382 Å². The van der Waals surface area contributed by atoms with Gasteiger partial charge in [-0.2, -0.15) is 0 Å². The number of aliphatic hydroxyl groups excluding tert-OH is 1. The summed E-state index contributed by atoms with van der Waals surface area (Å²) in [5, 5.41) is 10.6. The molecule has 0 saturated carbocycles. The van der Waals surface area contributed by atoms with Gasteiger partial charge in [0, 0.05) is 25.7 Å². The van der Waals surface area contributed by atoms with Crippen LogP contribution in [0.4, 0.5) is 0 Å². The molecule has 0 aromatic rings. The van der Waals surface area contributed by atoms with Crippen molar-refractivity contribution in [3.8, 4) is 0 Å². The van der Waals surface area contributed by atoms with E-state index in [-0.39, 0.29) is 25.7 Å². The van der Waals surface area contributed by atoms with Crippen LogP contribution in [0.2, 0.25) is 0 Å². The van der Waals surface area contributed by atoms with E-state index >= 15 is 0 Å². The molecule has 19 heteroatoms. The highest BCUT2D eigenvalue weighted by atomic mass is 31.2. The molecule has 92 heavy (non-hydrogen) atoms. The molecule has 0 rings (SSSR count). The number of carbonyl (C=O) groups excluding carboxylic acids is 4. The van der Waals surface area contributed by atoms with E-state index in [1.807, 2.05) is 0 Å². The zero-order chi connectivity index (χ0) is 68.2. The summed E-state index contributed by atoms with van der Waals surface area (Å²) >= 11 is 0. The van der Waals surface area contributed by atoms with Crippen molar-refractivity contribution >= 4 is 39.5 Å². The summed E-state index contributed by atoms with van der Waals surface area (Å²) in [5.74, 6) is 0.868. The number of phosphoric acid groups is 2. The van der Waals surface area contributed by atoms with E-state index in [1.165, 1.54) is 154 Å². The van der Waals surface area contributed by atoms with Gasteiger partial charge in [0.05, 0.1) is 26.4 Å². The summed E-state index contributed by atoms with van der Waals surface area (Å²) in [5.41, 5.74) is 0. The number of hydrogen-bond acceptors (Lipinski definition) is 15. The maximum Gasteiger partial charge on any atom is 0.472 e. The number of esters is 4. The second-order valence-electron chi connectivity index (χ2n) is 27.8. The second kappa shape index (κ2) is 62.6. The van der Waals surface area contributed by atoms with Crippen molar-refractivity contribution < 1.29 is 80.2 Å². The fraction of sp³-hybridized carbons (Fsp3) is 0.945. The Morgan fingerprint density at radius 1 is 0.304 bits per heavy atom. The number of hydrogen-bond donors (Lipinski definition) is 3. The molecular weight excluding hydrogens is 1210 g/mol. The molecule has 546 valence electrons. The van der Waals surface area contributed by atoms with Gasteiger partial charge in [-0.15, -0.1) is 0 Å². The first-order chi connectivity index (χ1) is 44.2. The molecule has 0 saturated heterocycles. The first-order valence-corrected chi connectivity index (χ1v) is 40.8. The van der Waals surface area contributed by atoms with Crippen LogP contribution < -0.4 is 0 Å². The van der Waals surface area contributed by atoms with Crippen molar-refractivity contribution in [1.29, 1.82) is 0 Å². The van der Waals surface area contributed by atoms with Crippen molar-refractivity contribution in [1.82, 2.24) is 0 Å². The first kappa shape index (κ1) is 90.1. The summed E-state index contributed by atoms with van der Waals surface area (Å²) in [7, 11) is -9.90. The van der Waals surface area contributed by atoms with E-state index in [4.69, 9.17) is 37.0 Å². The van der Waals surface area contributed by atoms with Gasteiger partial charge < -0.3 is 33.8 Å². The first-order valence-electron chi connectivity index (χ1n) is 37.8. The van der Waals surface area contributed by atoms with Crippen molar-refractivity contribution in [2.75, 3.05) is 39.6 Å². The van der Waals surface area contributed by atoms with Gasteiger partial charge in [0.1, 0.15) is 19.3 Å². The molecule has 4 unspecified atom stereocenters. The highest BCUT2D eigenvalue weighted by Crippen LogP contribution is 2.45. The summed E-state index contributed by atoms with van der Waals surface area (Å²) < 4.78 is 68.3. The Bertz CT molecular complexity index is 1820. The van der Waals surface area contributed by atoms with Crippen LogP contribution in [-0.4, -0.2) is 96.7 Å². The van der Waals surface area contributed by atoms with E-state index in [9.17, 15) is 43.2 Å². The van der Waals surface area contributed by atoms with E-state index in [1.54, 1.807) is 0 Å². The number of ether oxygens (including phenoxy) is 4. The molecule has 3 N–H and O–H groups in total. The van der Waals surface area contributed by atoms with Crippen LogP contribution in [0.25, 0.3) is 0 Å². The average Bonchev–Trinajstić information content (AvgIpc) is 1.73. The van der Waals surface area contributed by atoms with E-state index in [2.05, 4.69) is 55.4 Å². The van der Waals surface area contributed by atoms with E-state index in [0.717, 1.165) is 120 Å². The largest absolute Gasteiger partial charge is 0.472 e. The molecule has 0 aliphatic carbocycles. The van der Waals surface area contributed by atoms with Crippen molar-refractivity contribution in [3.05, 3.63) is 0 Å². The fourth-order valence-electron chi connectivity index (χ4n) is 11.0. The normalized spacial score (nSPS) is 14.8. The standard InChI is InChI=1S/C73H142O17P2/c1-9-65(7)51-43-35-26-21-19-17-15-13-11-12-14-16-18-20-22-27-39-47-55-72(77)89-69(60-84-71(76)54-46-38-32-30-36-44-52-66(8)10-2)62-88-92(81,82)86-58-67(74)57-85-91(79,80)87-61-68(59-83-70(75)53-45-37-31-29-34-42-50-64(5)6)90-73(78)56-48-40-28-24-23-25-33-41-49-63(3)4/h63-69,74H,9-62H2,1-8H3,(H,79,80)(H,81,82)/t65?,66?,67-,68-,69-/m1/s1. The average molecular weight is 1350 g/mol. The Morgan fingerprint density at radius 3 is 0.772 bits per heavy atom. The number of phosphoric ester groups is 2. The van der Waals surface area contributed by atoms with Gasteiger partial charge in [0.25, 0.3) is 0 Å². The number of rotatable bonds is 70. The number of aliphatic hydroxyl groups is 1. The molecule has 0 aliphatic rings. The zero-order valence-electron chi connectivity index (χ0n) is 60.2. The predicted molar refractivity (Wildman–Crippen MR) is 372 cm³/mol. The molecule has 0 radical (unpaired) electrons. The lowest BCUT2D eigenvalue weighted by atomic mass is 9.99. The zero-order valence-corrected chi connectivity index (χ0v) is 62.0. The quantitative estimate of drug-likeness (QED) is 0.0222. The van der Waals surface area contributed by atoms with Gasteiger partial charge in [-0.25, -0.2) is 9.13 Å². The van der Waals surface area contributed by atoms with Gasteiger partial charge >= 0.3 is 39.5 Å². The minimum atomic E-state index is -4.95. The van der Waals surface area contributed by atoms with Crippen LogP contribution in [0.15, 0.2) is 0 Å². The Hall–Kier alpha value is -1.94. The van der Waals surface area contributed by atoms with Gasteiger partial charge in [-0.1, -0.05) is 312 Å². The fourth-order valence-corrected chi connectivity index (χ4v) is 12.5. The summed E-state index contributed by atoms with van der Waals surface area (Å²) in [4.78, 5) is 72.5. The van der Waals surface area contributed by atoms with Gasteiger partial charge in [0.2, 0.25) is 0 Å². The van der Waals surface area contributed by atoms with Crippen molar-refractivity contribution in [2.24, 2.45) is 23.7 Å². The smallest absolute Gasteiger partial charge is 0.462 e. The van der Waals surface area contributed by atoms with Gasteiger partial charge in [0.15, 0.2) is 12.2 Å². The third kappa shape index (κ3) is 64.1. The third-order valence-electron chi connectivity index (χ3n) is 17.5. The molecule has 0 heterocycles. The van der Waals surface area contributed by atoms with Crippen LogP contribution in [-0.2, 0) is 65.4 Å². The molecule has 0 spiro atoms. The maximum absolute atomic E-state index is 13.0. The van der Waals surface area contributed by atoms with Gasteiger partial charge in [-0.05, 0) is 49.4 Å². The molecule has 0 amide bonds. The van der Waals surface area contributed by atoms with E-state index < -0.39 is 97.5 Å². The lowest BCUT2D eigenvalue weighted by Gasteiger charge is -2.21. The molecule has 0 fully saturated rings. The van der Waals surface area contributed by atoms with Crippen LogP contribution >= 0.6 is 15.6 Å². The lowest BCUT2D eigenvalue weighted by molar-refractivity contribution is -0.161. The maximum atomic E-state index is 13.0. The highest BCUT2D eigenvalue weighted by Gasteiger charge is 2.30. The molecule has 0 aromatic carbocycles. The Morgan fingerprint density at radius 2 is 0.522 bits per heavy atom. The van der Waals surface area contributed by atoms with Gasteiger partial charge in [-0.3, -0.25) is 37.3 Å². The highest BCUT2D eigenvalue weighted by molar-refractivity contribution is 7.47. The van der Waals surface area contributed by atoms with Crippen LogP contribution in [0.5, 0.6) is 0 Å². The lowest BCUT2D eigenvalue weighted by Crippen LogP contribution is -2.30. The number of unbranched alkanes of at least 4 members (excludes halogenated alkanes) is 34. The van der Waals surface area contributed by atoms with E-state index in [0.29, 0.717) is 31.6 Å². The molecule has 0 aromatic heterocycles. The molecule has 0 aliphatic heterocycles.